The smallest absolute Gasteiger partial charge is 0.253 e. The molecule has 0 radical (unpaired) electrons. The normalized spacial score (nSPS) is 15.4. The van der Waals surface area contributed by atoms with Crippen LogP contribution in [0.15, 0.2) is 72.8 Å². The standard InChI is InChI=1S/C26H24FN3O3/c1-17-6-8-18(9-7-17)15-28-26(33)22-4-2-3-5-23(22)29-25(32)19-14-24(31)30(16-19)21-12-10-20(27)11-13-21/h2-13,19H,14-16H2,1H3,(H,28,33)(H,29,32). The van der Waals surface area contributed by atoms with E-state index in [1.165, 1.54) is 29.2 Å². The Hall–Kier alpha value is -4.00. The van der Waals surface area contributed by atoms with Crippen LogP contribution >= 0.6 is 0 Å². The number of carbonyl (C=O) groups is 3. The van der Waals surface area contributed by atoms with Gasteiger partial charge in [-0.1, -0.05) is 42.0 Å². The van der Waals surface area contributed by atoms with Crippen LogP contribution in [0.1, 0.15) is 27.9 Å². The molecule has 0 saturated carbocycles. The van der Waals surface area contributed by atoms with Crippen LogP contribution < -0.4 is 15.5 Å². The van der Waals surface area contributed by atoms with Crippen molar-refractivity contribution in [3.05, 3.63) is 95.3 Å². The Balaban J connectivity index is 1.41. The minimum Gasteiger partial charge on any atom is -0.348 e. The third-order valence-corrected chi connectivity index (χ3v) is 5.64. The van der Waals surface area contributed by atoms with Gasteiger partial charge in [0.15, 0.2) is 0 Å². The van der Waals surface area contributed by atoms with Crippen molar-refractivity contribution in [1.82, 2.24) is 5.32 Å². The van der Waals surface area contributed by atoms with Gasteiger partial charge in [0, 0.05) is 25.2 Å². The molecule has 7 heteroatoms. The fourth-order valence-electron chi connectivity index (χ4n) is 3.76. The molecule has 0 aliphatic carbocycles. The first-order valence-electron chi connectivity index (χ1n) is 10.7. The maximum Gasteiger partial charge on any atom is 0.253 e. The van der Waals surface area contributed by atoms with Gasteiger partial charge in [0.1, 0.15) is 5.82 Å². The number of nitrogens with zero attached hydrogens (tertiary/aromatic N) is 1. The quantitative estimate of drug-likeness (QED) is 0.601. The number of hydrogen-bond acceptors (Lipinski definition) is 3. The fourth-order valence-corrected chi connectivity index (χ4v) is 3.76. The number of benzene rings is 3. The molecule has 2 N–H and O–H groups in total. The first kappa shape index (κ1) is 22.2. The van der Waals surface area contributed by atoms with Gasteiger partial charge in [0.05, 0.1) is 17.2 Å². The summed E-state index contributed by atoms with van der Waals surface area (Å²) < 4.78 is 13.2. The van der Waals surface area contributed by atoms with E-state index in [0.29, 0.717) is 23.5 Å². The van der Waals surface area contributed by atoms with Crippen LogP contribution in [0, 0.1) is 18.7 Å². The molecule has 0 spiro atoms. The van der Waals surface area contributed by atoms with E-state index < -0.39 is 11.7 Å². The van der Waals surface area contributed by atoms with Crippen LogP contribution in [0.4, 0.5) is 15.8 Å². The number of para-hydroxylation sites is 1. The number of amides is 3. The number of anilines is 2. The molecule has 4 rings (SSSR count). The lowest BCUT2D eigenvalue weighted by Crippen LogP contribution is -2.29. The van der Waals surface area contributed by atoms with Crippen molar-refractivity contribution >= 4 is 29.1 Å². The highest BCUT2D eigenvalue weighted by molar-refractivity contribution is 6.07. The molecule has 33 heavy (non-hydrogen) atoms. The zero-order valence-corrected chi connectivity index (χ0v) is 18.2. The average Bonchev–Trinajstić information content (AvgIpc) is 3.21. The molecule has 1 heterocycles. The van der Waals surface area contributed by atoms with Crippen molar-refractivity contribution in [3.8, 4) is 0 Å². The molecular formula is C26H24FN3O3. The summed E-state index contributed by atoms with van der Waals surface area (Å²) in [6.07, 6.45) is 0.0466. The molecule has 1 aliphatic heterocycles. The molecule has 168 valence electrons. The van der Waals surface area contributed by atoms with Gasteiger partial charge in [0.25, 0.3) is 5.91 Å². The summed E-state index contributed by atoms with van der Waals surface area (Å²) in [4.78, 5) is 39.6. The topological polar surface area (TPSA) is 78.5 Å². The number of carbonyl (C=O) groups excluding carboxylic acids is 3. The molecule has 0 bridgehead atoms. The lowest BCUT2D eigenvalue weighted by molar-refractivity contribution is -0.122. The second-order valence-electron chi connectivity index (χ2n) is 8.08. The Morgan fingerprint density at radius 1 is 1.00 bits per heavy atom. The zero-order chi connectivity index (χ0) is 23.4. The highest BCUT2D eigenvalue weighted by atomic mass is 19.1. The van der Waals surface area contributed by atoms with Crippen LogP contribution in [0.25, 0.3) is 0 Å². The van der Waals surface area contributed by atoms with Crippen molar-refractivity contribution in [2.75, 3.05) is 16.8 Å². The van der Waals surface area contributed by atoms with Crippen LogP contribution in [0.3, 0.4) is 0 Å². The predicted octanol–water partition coefficient (Wildman–Crippen LogP) is 4.06. The fraction of sp³-hybridized carbons (Fsp3) is 0.192. The number of halogens is 1. The third kappa shape index (κ3) is 5.26. The minimum atomic E-state index is -0.578. The molecule has 1 unspecified atom stereocenters. The largest absolute Gasteiger partial charge is 0.348 e. The lowest BCUT2D eigenvalue weighted by Gasteiger charge is -2.17. The van der Waals surface area contributed by atoms with Crippen LogP contribution in [-0.2, 0) is 16.1 Å². The number of nitrogens with one attached hydrogen (secondary N) is 2. The Morgan fingerprint density at radius 2 is 1.70 bits per heavy atom. The van der Waals surface area contributed by atoms with Crippen molar-refractivity contribution in [1.29, 1.82) is 0 Å². The third-order valence-electron chi connectivity index (χ3n) is 5.64. The minimum absolute atomic E-state index is 0.0466. The van der Waals surface area contributed by atoms with Gasteiger partial charge in [-0.15, -0.1) is 0 Å². The van der Waals surface area contributed by atoms with E-state index in [2.05, 4.69) is 10.6 Å². The predicted molar refractivity (Wildman–Crippen MR) is 124 cm³/mol. The van der Waals surface area contributed by atoms with Crippen LogP contribution in [0.2, 0.25) is 0 Å². The first-order valence-corrected chi connectivity index (χ1v) is 10.7. The van der Waals surface area contributed by atoms with Crippen molar-refractivity contribution in [2.45, 2.75) is 19.9 Å². The van der Waals surface area contributed by atoms with Gasteiger partial charge in [-0.2, -0.15) is 0 Å². The van der Waals surface area contributed by atoms with Crippen molar-refractivity contribution in [2.24, 2.45) is 5.92 Å². The van der Waals surface area contributed by atoms with E-state index in [0.717, 1.165) is 11.1 Å². The van der Waals surface area contributed by atoms with Gasteiger partial charge in [-0.25, -0.2) is 4.39 Å². The molecule has 3 aromatic rings. The van der Waals surface area contributed by atoms with Crippen molar-refractivity contribution < 1.29 is 18.8 Å². The summed E-state index contributed by atoms with van der Waals surface area (Å²) in [5.74, 6) is -1.82. The van der Waals surface area contributed by atoms with Gasteiger partial charge in [-0.3, -0.25) is 14.4 Å². The molecule has 1 saturated heterocycles. The SMILES string of the molecule is Cc1ccc(CNC(=O)c2ccccc2NC(=O)C2CC(=O)N(c3ccc(F)cc3)C2)cc1. The first-order chi connectivity index (χ1) is 15.9. The van der Waals surface area contributed by atoms with E-state index in [-0.39, 0.29) is 30.7 Å². The Labute approximate surface area is 191 Å². The Morgan fingerprint density at radius 3 is 2.42 bits per heavy atom. The summed E-state index contributed by atoms with van der Waals surface area (Å²) in [5.41, 5.74) is 3.39. The van der Waals surface area contributed by atoms with Gasteiger partial charge in [0.2, 0.25) is 11.8 Å². The summed E-state index contributed by atoms with van der Waals surface area (Å²) in [6, 6.07) is 20.2. The maximum absolute atomic E-state index is 13.2. The number of aryl methyl sites for hydroxylation is 1. The summed E-state index contributed by atoms with van der Waals surface area (Å²) in [5, 5.41) is 5.68. The van der Waals surface area contributed by atoms with Gasteiger partial charge >= 0.3 is 0 Å². The van der Waals surface area contributed by atoms with Gasteiger partial charge in [-0.05, 0) is 48.9 Å². The summed E-state index contributed by atoms with van der Waals surface area (Å²) >= 11 is 0. The Bertz CT molecular complexity index is 1180. The van der Waals surface area contributed by atoms with Gasteiger partial charge < -0.3 is 15.5 Å². The number of hydrogen-bond donors (Lipinski definition) is 2. The second-order valence-corrected chi connectivity index (χ2v) is 8.08. The summed E-state index contributed by atoms with van der Waals surface area (Å²) in [6.45, 7) is 2.56. The van der Waals surface area contributed by atoms with Crippen LogP contribution in [-0.4, -0.2) is 24.3 Å². The molecular weight excluding hydrogens is 421 g/mol. The number of rotatable bonds is 6. The molecule has 3 amide bonds. The maximum atomic E-state index is 13.2. The highest BCUT2D eigenvalue weighted by Crippen LogP contribution is 2.27. The van der Waals surface area contributed by atoms with E-state index in [1.54, 1.807) is 24.3 Å². The monoisotopic (exact) mass is 445 g/mol. The lowest BCUT2D eigenvalue weighted by atomic mass is 10.1. The second kappa shape index (κ2) is 9.65. The Kier molecular flexibility index (Phi) is 6.49. The van der Waals surface area contributed by atoms with E-state index in [1.807, 2.05) is 31.2 Å². The molecule has 1 fully saturated rings. The molecule has 1 aliphatic rings. The zero-order valence-electron chi connectivity index (χ0n) is 18.2. The van der Waals surface area contributed by atoms with Crippen LogP contribution in [0.5, 0.6) is 0 Å². The molecule has 1 atom stereocenters. The molecule has 6 nitrogen and oxygen atoms in total. The van der Waals surface area contributed by atoms with Crippen molar-refractivity contribution in [3.63, 3.8) is 0 Å². The average molecular weight is 445 g/mol. The summed E-state index contributed by atoms with van der Waals surface area (Å²) in [7, 11) is 0. The molecule has 0 aromatic heterocycles. The van der Waals surface area contributed by atoms with E-state index >= 15 is 0 Å². The molecule has 3 aromatic carbocycles. The highest BCUT2D eigenvalue weighted by Gasteiger charge is 2.35. The van der Waals surface area contributed by atoms with E-state index in [9.17, 15) is 18.8 Å². The van der Waals surface area contributed by atoms with E-state index in [4.69, 9.17) is 0 Å².